The molecule has 41 heavy (non-hydrogen) atoms. The molecule has 2 bridgehead atoms. The standard InChI is InChI=1S/C32H43N3O6/c1-31(11-4-12-31)18-34-29(37)26-19-5-7-20(8-6-19)27(26)35-28(36)23-16-24(21(17-33)15-25(23)40-3)41-22-9-13-32(2,14-10-22)30(38)39/h15-16,19-20,22,26-27H,4-14,18H2,1-3H3,(H,34,37)(H,35,36)(H,38,39)/t19?,20?,22?,26-,27+,32?/m1/s1. The summed E-state index contributed by atoms with van der Waals surface area (Å²) in [5.41, 5.74) is -0.0849. The first-order valence-corrected chi connectivity index (χ1v) is 15.2. The number of rotatable bonds is 9. The van der Waals surface area contributed by atoms with Crippen LogP contribution >= 0.6 is 0 Å². The summed E-state index contributed by atoms with van der Waals surface area (Å²) in [4.78, 5) is 38.9. The molecule has 222 valence electrons. The van der Waals surface area contributed by atoms with Gasteiger partial charge in [-0.05, 0) is 94.4 Å². The molecule has 5 aliphatic rings. The van der Waals surface area contributed by atoms with Crippen molar-refractivity contribution in [3.8, 4) is 17.6 Å². The van der Waals surface area contributed by atoms with Crippen LogP contribution in [0.15, 0.2) is 12.1 Å². The number of benzene rings is 1. The third-order valence-corrected chi connectivity index (χ3v) is 10.6. The fraction of sp³-hybridized carbons (Fsp3) is 0.688. The van der Waals surface area contributed by atoms with Gasteiger partial charge in [0.15, 0.2) is 0 Å². The number of methoxy groups -OCH3 is 1. The highest BCUT2D eigenvalue weighted by molar-refractivity contribution is 5.98. The van der Waals surface area contributed by atoms with Crippen molar-refractivity contribution in [3.05, 3.63) is 23.3 Å². The van der Waals surface area contributed by atoms with E-state index >= 15 is 0 Å². The van der Waals surface area contributed by atoms with Gasteiger partial charge in [0.2, 0.25) is 5.91 Å². The molecule has 1 aromatic carbocycles. The first-order chi connectivity index (χ1) is 19.6. The van der Waals surface area contributed by atoms with E-state index in [0.717, 1.165) is 38.5 Å². The van der Waals surface area contributed by atoms with Crippen molar-refractivity contribution in [1.82, 2.24) is 10.6 Å². The van der Waals surface area contributed by atoms with Crippen molar-refractivity contribution in [2.75, 3.05) is 13.7 Å². The zero-order valence-electron chi connectivity index (χ0n) is 24.5. The monoisotopic (exact) mass is 565 g/mol. The van der Waals surface area contributed by atoms with E-state index in [-0.39, 0.29) is 69.8 Å². The number of amides is 2. The van der Waals surface area contributed by atoms with Gasteiger partial charge in [-0.1, -0.05) is 13.3 Å². The second kappa shape index (κ2) is 11.5. The molecule has 0 radical (unpaired) electrons. The summed E-state index contributed by atoms with van der Waals surface area (Å²) in [6.45, 7) is 4.65. The molecule has 9 heteroatoms. The SMILES string of the molecule is COc1cc(C#N)c(OC2CCC(C)(C(=O)O)CC2)cc1C(=O)N[C@H]1C2CCC(CC2)[C@H]1C(=O)NCC1(C)CCC1. The Hall–Kier alpha value is -3.28. The van der Waals surface area contributed by atoms with Crippen LogP contribution < -0.4 is 20.1 Å². The Morgan fingerprint density at radius 1 is 1.00 bits per heavy atom. The van der Waals surface area contributed by atoms with Crippen molar-refractivity contribution in [2.24, 2.45) is 28.6 Å². The maximum atomic E-state index is 13.8. The Labute approximate surface area is 242 Å². The number of hydrogen-bond acceptors (Lipinski definition) is 6. The molecule has 6 rings (SSSR count). The van der Waals surface area contributed by atoms with Gasteiger partial charge in [0.05, 0.1) is 35.7 Å². The number of fused-ring (bicyclic) bond motifs is 3. The Balaban J connectivity index is 1.33. The second-order valence-electron chi connectivity index (χ2n) is 13.4. The minimum Gasteiger partial charge on any atom is -0.496 e. The lowest BCUT2D eigenvalue weighted by molar-refractivity contribution is -0.150. The van der Waals surface area contributed by atoms with Gasteiger partial charge in [-0.25, -0.2) is 0 Å². The highest BCUT2D eigenvalue weighted by Gasteiger charge is 2.48. The summed E-state index contributed by atoms with van der Waals surface area (Å²) in [7, 11) is 1.46. The minimum absolute atomic E-state index is 0.0410. The molecule has 0 unspecified atom stereocenters. The normalized spacial score (nSPS) is 31.7. The van der Waals surface area contributed by atoms with E-state index in [1.54, 1.807) is 13.0 Å². The van der Waals surface area contributed by atoms with Crippen LogP contribution in [0.1, 0.15) is 100 Å². The van der Waals surface area contributed by atoms with Crippen molar-refractivity contribution in [2.45, 2.75) is 96.6 Å². The number of carboxylic acids is 1. The van der Waals surface area contributed by atoms with Gasteiger partial charge < -0.3 is 25.2 Å². The molecule has 0 aromatic heterocycles. The highest BCUT2D eigenvalue weighted by Crippen LogP contribution is 2.46. The predicted molar refractivity (Wildman–Crippen MR) is 151 cm³/mol. The van der Waals surface area contributed by atoms with Gasteiger partial charge in [0.25, 0.3) is 5.91 Å². The van der Waals surface area contributed by atoms with E-state index in [1.807, 2.05) is 0 Å². The average molecular weight is 566 g/mol. The van der Waals surface area contributed by atoms with Crippen molar-refractivity contribution < 1.29 is 29.0 Å². The van der Waals surface area contributed by atoms with Gasteiger partial charge in [-0.15, -0.1) is 0 Å². The second-order valence-corrected chi connectivity index (χ2v) is 13.4. The first-order valence-electron chi connectivity index (χ1n) is 15.2. The number of carbonyl (C=O) groups excluding carboxylic acids is 2. The largest absolute Gasteiger partial charge is 0.496 e. The number of nitrogens with zero attached hydrogens (tertiary/aromatic N) is 1. The summed E-state index contributed by atoms with van der Waals surface area (Å²) in [6, 6.07) is 4.95. The predicted octanol–water partition coefficient (Wildman–Crippen LogP) is 4.82. The summed E-state index contributed by atoms with van der Waals surface area (Å²) >= 11 is 0. The topological polar surface area (TPSA) is 138 Å². The van der Waals surface area contributed by atoms with Crippen LogP contribution in [0.4, 0.5) is 0 Å². The van der Waals surface area contributed by atoms with Crippen LogP contribution in [0, 0.1) is 39.9 Å². The Bertz CT molecular complexity index is 1220. The van der Waals surface area contributed by atoms with E-state index in [2.05, 4.69) is 23.6 Å². The van der Waals surface area contributed by atoms with Crippen LogP contribution in [-0.2, 0) is 9.59 Å². The maximum absolute atomic E-state index is 13.8. The van der Waals surface area contributed by atoms with Gasteiger partial charge in [-0.3, -0.25) is 14.4 Å². The number of carboxylic acid groups (broad SMARTS) is 1. The average Bonchev–Trinajstić information content (AvgIpc) is 2.96. The van der Waals surface area contributed by atoms with Gasteiger partial charge >= 0.3 is 5.97 Å². The lowest BCUT2D eigenvalue weighted by Crippen LogP contribution is -2.58. The van der Waals surface area contributed by atoms with Crippen molar-refractivity contribution in [3.63, 3.8) is 0 Å². The molecular formula is C32H43N3O6. The smallest absolute Gasteiger partial charge is 0.309 e. The fourth-order valence-electron chi connectivity index (χ4n) is 7.47. The molecule has 5 saturated carbocycles. The zero-order valence-corrected chi connectivity index (χ0v) is 24.5. The molecular weight excluding hydrogens is 522 g/mol. The lowest BCUT2D eigenvalue weighted by Gasteiger charge is -2.48. The quantitative estimate of drug-likeness (QED) is 0.390. The summed E-state index contributed by atoms with van der Waals surface area (Å²) in [6.07, 6.45) is 9.26. The molecule has 0 heterocycles. The molecule has 0 aliphatic heterocycles. The minimum atomic E-state index is -0.808. The van der Waals surface area contributed by atoms with E-state index in [0.29, 0.717) is 32.2 Å². The van der Waals surface area contributed by atoms with Crippen LogP contribution in [0.2, 0.25) is 0 Å². The van der Waals surface area contributed by atoms with E-state index in [9.17, 15) is 24.8 Å². The third-order valence-electron chi connectivity index (χ3n) is 10.6. The highest BCUT2D eigenvalue weighted by atomic mass is 16.5. The number of ether oxygens (including phenoxy) is 2. The first kappa shape index (κ1) is 29.2. The van der Waals surface area contributed by atoms with Gasteiger partial charge in [0, 0.05) is 18.7 Å². The molecule has 5 fully saturated rings. The van der Waals surface area contributed by atoms with Crippen molar-refractivity contribution in [1.29, 1.82) is 5.26 Å². The Kier molecular flexibility index (Phi) is 8.22. The Morgan fingerprint density at radius 3 is 2.22 bits per heavy atom. The lowest BCUT2D eigenvalue weighted by atomic mass is 9.61. The van der Waals surface area contributed by atoms with Crippen LogP contribution in [0.3, 0.4) is 0 Å². The Morgan fingerprint density at radius 2 is 1.66 bits per heavy atom. The van der Waals surface area contributed by atoms with E-state index in [1.165, 1.54) is 19.6 Å². The number of aliphatic carboxylic acids is 1. The third kappa shape index (κ3) is 5.89. The number of hydrogen-bond donors (Lipinski definition) is 3. The molecule has 0 spiro atoms. The van der Waals surface area contributed by atoms with Gasteiger partial charge in [-0.2, -0.15) is 5.26 Å². The summed E-state index contributed by atoms with van der Waals surface area (Å²) < 4.78 is 11.7. The number of carbonyl (C=O) groups is 3. The van der Waals surface area contributed by atoms with Crippen molar-refractivity contribution >= 4 is 17.8 Å². The van der Waals surface area contributed by atoms with Crippen LogP contribution in [0.5, 0.6) is 11.5 Å². The summed E-state index contributed by atoms with van der Waals surface area (Å²) in [5, 5.41) is 25.8. The number of nitrogens with one attached hydrogen (secondary N) is 2. The van der Waals surface area contributed by atoms with E-state index in [4.69, 9.17) is 9.47 Å². The molecule has 5 aliphatic carbocycles. The summed E-state index contributed by atoms with van der Waals surface area (Å²) in [5.74, 6) is -0.324. The van der Waals surface area contributed by atoms with Gasteiger partial charge in [0.1, 0.15) is 17.6 Å². The van der Waals surface area contributed by atoms with Crippen LogP contribution in [-0.4, -0.2) is 48.7 Å². The molecule has 0 saturated heterocycles. The molecule has 1 aromatic rings. The maximum Gasteiger partial charge on any atom is 0.309 e. The number of nitriles is 1. The van der Waals surface area contributed by atoms with E-state index < -0.39 is 11.4 Å². The zero-order chi connectivity index (χ0) is 29.4. The molecule has 2 amide bonds. The fourth-order valence-corrected chi connectivity index (χ4v) is 7.47. The molecule has 2 atom stereocenters. The van der Waals surface area contributed by atoms with Crippen LogP contribution in [0.25, 0.3) is 0 Å². The molecule has 9 nitrogen and oxygen atoms in total. The molecule has 3 N–H and O–H groups in total.